The Kier molecular flexibility index (Phi) is 4.09. The zero-order chi connectivity index (χ0) is 21.6. The molecule has 5 rings (SSSR count). The molecule has 7 heteroatoms. The highest BCUT2D eigenvalue weighted by atomic mass is 16.5. The largest absolute Gasteiger partial charge is 0.475 e. The monoisotopic (exact) mass is 415 g/mol. The van der Waals surface area contributed by atoms with Gasteiger partial charge in [-0.15, -0.1) is 0 Å². The Labute approximate surface area is 175 Å². The zero-order valence-electron chi connectivity index (χ0n) is 17.5. The molecule has 3 N–H and O–H groups in total. The molecule has 3 saturated carbocycles. The summed E-state index contributed by atoms with van der Waals surface area (Å²) in [7, 11) is 0. The van der Waals surface area contributed by atoms with Crippen molar-refractivity contribution in [1.82, 2.24) is 0 Å². The SMILES string of the molecule is CC1=N[C@]2(C(=O)CO)[C@H](C[C@H]3[C@@H]4C[C@H](O)C5=CC(=O)C=C[C@]5(C)[C@H]4[C@@H](O)C[C@@]32C)O1. The number of fused-ring (bicyclic) bond motifs is 7. The average molecular weight is 415 g/mol. The minimum absolute atomic E-state index is 0.0118. The molecule has 30 heavy (non-hydrogen) atoms. The molecule has 7 nitrogen and oxygen atoms in total. The van der Waals surface area contributed by atoms with Crippen LogP contribution in [0, 0.1) is 28.6 Å². The number of carbonyl (C=O) groups is 2. The van der Waals surface area contributed by atoms with Gasteiger partial charge in [-0.2, -0.15) is 0 Å². The number of rotatable bonds is 2. The summed E-state index contributed by atoms with van der Waals surface area (Å²) in [5.74, 6) is -0.334. The van der Waals surface area contributed by atoms with Gasteiger partial charge in [0.2, 0.25) is 0 Å². The Morgan fingerprint density at radius 3 is 2.73 bits per heavy atom. The van der Waals surface area contributed by atoms with Crippen LogP contribution in [0.4, 0.5) is 0 Å². The molecule has 0 radical (unpaired) electrons. The molecule has 0 amide bonds. The van der Waals surface area contributed by atoms with E-state index >= 15 is 0 Å². The number of Topliss-reactive ketones (excluding diaryl/α,β-unsaturated/α-hetero) is 1. The van der Waals surface area contributed by atoms with E-state index in [0.29, 0.717) is 30.7 Å². The maximum absolute atomic E-state index is 13.1. The van der Waals surface area contributed by atoms with Crippen LogP contribution in [0.2, 0.25) is 0 Å². The number of nitrogens with zero attached hydrogens (tertiary/aromatic N) is 1. The van der Waals surface area contributed by atoms with Crippen molar-refractivity contribution in [3.8, 4) is 0 Å². The highest BCUT2D eigenvalue weighted by Crippen LogP contribution is 2.69. The van der Waals surface area contributed by atoms with Crippen LogP contribution in [0.1, 0.15) is 40.0 Å². The summed E-state index contributed by atoms with van der Waals surface area (Å²) in [6.07, 6.45) is 4.23. The molecule has 1 heterocycles. The fourth-order valence-corrected chi connectivity index (χ4v) is 7.86. The lowest BCUT2D eigenvalue weighted by Crippen LogP contribution is -2.63. The second kappa shape index (κ2) is 6.11. The van der Waals surface area contributed by atoms with Crippen LogP contribution in [-0.2, 0) is 14.3 Å². The first-order valence-electron chi connectivity index (χ1n) is 10.8. The standard InChI is InChI=1S/C23H29NO6/c1-11-24-23(18(29)10-25)19(30-11)8-14-13-7-16(27)15-6-12(26)4-5-21(15,2)20(13)17(28)9-22(14,23)3/h4-6,13-14,16-17,19-20,25,27-28H,7-10H2,1-3H3/t13-,14-,16-,17-,19-,20+,21-,22-,23+/m0/s1. The number of hydrogen-bond acceptors (Lipinski definition) is 7. The fraction of sp³-hybridized carbons (Fsp3) is 0.696. The first-order chi connectivity index (χ1) is 14.1. The second-order valence-corrected chi connectivity index (χ2v) is 10.2. The van der Waals surface area contributed by atoms with E-state index in [2.05, 4.69) is 4.99 Å². The van der Waals surface area contributed by atoms with Gasteiger partial charge in [-0.1, -0.05) is 19.9 Å². The third kappa shape index (κ3) is 2.18. The van der Waals surface area contributed by atoms with Gasteiger partial charge in [-0.05, 0) is 48.8 Å². The van der Waals surface area contributed by atoms with E-state index in [0.717, 1.165) is 0 Å². The Balaban J connectivity index is 1.63. The van der Waals surface area contributed by atoms with Gasteiger partial charge in [0.05, 0.1) is 12.2 Å². The summed E-state index contributed by atoms with van der Waals surface area (Å²) in [6, 6.07) is 0. The summed E-state index contributed by atoms with van der Waals surface area (Å²) >= 11 is 0. The molecule has 0 unspecified atom stereocenters. The minimum Gasteiger partial charge on any atom is -0.475 e. The van der Waals surface area contributed by atoms with Crippen molar-refractivity contribution in [2.75, 3.05) is 6.61 Å². The van der Waals surface area contributed by atoms with E-state index in [4.69, 9.17) is 4.74 Å². The number of ketones is 2. The van der Waals surface area contributed by atoms with Crippen molar-refractivity contribution >= 4 is 17.5 Å². The molecule has 162 valence electrons. The quantitative estimate of drug-likeness (QED) is 0.619. The maximum Gasteiger partial charge on any atom is 0.190 e. The second-order valence-electron chi connectivity index (χ2n) is 10.2. The lowest BCUT2D eigenvalue weighted by molar-refractivity contribution is -0.150. The maximum atomic E-state index is 13.1. The van der Waals surface area contributed by atoms with Gasteiger partial charge >= 0.3 is 0 Å². The number of aliphatic hydroxyl groups is 3. The number of ether oxygens (including phenoxy) is 1. The summed E-state index contributed by atoms with van der Waals surface area (Å²) in [5, 5.41) is 32.2. The number of aliphatic imine (C=N–C) groups is 1. The van der Waals surface area contributed by atoms with E-state index in [1.165, 1.54) is 12.2 Å². The van der Waals surface area contributed by atoms with Gasteiger partial charge in [0.1, 0.15) is 12.7 Å². The van der Waals surface area contributed by atoms with Crippen LogP contribution in [-0.4, -0.2) is 63.2 Å². The van der Waals surface area contributed by atoms with Crippen LogP contribution in [0.25, 0.3) is 0 Å². The molecular formula is C23H29NO6. The van der Waals surface area contributed by atoms with E-state index in [1.54, 1.807) is 6.92 Å². The van der Waals surface area contributed by atoms with Crippen LogP contribution < -0.4 is 0 Å². The molecule has 3 fully saturated rings. The van der Waals surface area contributed by atoms with Crippen molar-refractivity contribution in [3.05, 3.63) is 23.8 Å². The van der Waals surface area contributed by atoms with Crippen molar-refractivity contribution < 1.29 is 29.6 Å². The lowest BCUT2D eigenvalue weighted by atomic mass is 9.45. The average Bonchev–Trinajstić information content (AvgIpc) is 3.13. The predicted molar refractivity (Wildman–Crippen MR) is 108 cm³/mol. The third-order valence-corrected chi connectivity index (χ3v) is 8.92. The normalized spacial score (nSPS) is 51.2. The molecule has 1 aliphatic heterocycles. The molecule has 0 spiro atoms. The molecule has 5 aliphatic rings. The van der Waals surface area contributed by atoms with Crippen molar-refractivity contribution in [3.63, 3.8) is 0 Å². The first-order valence-corrected chi connectivity index (χ1v) is 10.8. The van der Waals surface area contributed by atoms with Crippen molar-refractivity contribution in [1.29, 1.82) is 0 Å². The molecule has 9 atom stereocenters. The Hall–Kier alpha value is -1.83. The fourth-order valence-electron chi connectivity index (χ4n) is 7.86. The molecular weight excluding hydrogens is 386 g/mol. The Morgan fingerprint density at radius 2 is 2.03 bits per heavy atom. The summed E-state index contributed by atoms with van der Waals surface area (Å²) in [6.45, 7) is 5.06. The predicted octanol–water partition coefficient (Wildman–Crippen LogP) is 0.963. The van der Waals surface area contributed by atoms with E-state index in [-0.39, 0.29) is 29.3 Å². The molecule has 0 saturated heterocycles. The third-order valence-electron chi connectivity index (χ3n) is 8.92. The van der Waals surface area contributed by atoms with Gasteiger partial charge in [0.25, 0.3) is 0 Å². The summed E-state index contributed by atoms with van der Waals surface area (Å²) in [5.41, 5.74) is -1.85. The number of carbonyl (C=O) groups excluding carboxylic acids is 2. The van der Waals surface area contributed by atoms with Gasteiger partial charge < -0.3 is 20.1 Å². The van der Waals surface area contributed by atoms with Gasteiger partial charge in [-0.25, -0.2) is 4.99 Å². The van der Waals surface area contributed by atoms with Crippen LogP contribution in [0.3, 0.4) is 0 Å². The van der Waals surface area contributed by atoms with E-state index < -0.39 is 41.3 Å². The Bertz CT molecular complexity index is 923. The van der Waals surface area contributed by atoms with E-state index in [1.807, 2.05) is 19.9 Å². The van der Waals surface area contributed by atoms with Crippen LogP contribution >= 0.6 is 0 Å². The van der Waals surface area contributed by atoms with Gasteiger partial charge in [0, 0.05) is 23.7 Å². The molecule has 0 aromatic rings. The molecule has 4 aliphatic carbocycles. The highest BCUT2D eigenvalue weighted by Gasteiger charge is 2.74. The van der Waals surface area contributed by atoms with Gasteiger partial charge in [-0.3, -0.25) is 9.59 Å². The topological polar surface area (TPSA) is 116 Å². The number of allylic oxidation sites excluding steroid dienone is 3. The molecule has 0 bridgehead atoms. The number of hydrogen-bond donors (Lipinski definition) is 3. The van der Waals surface area contributed by atoms with Crippen LogP contribution in [0.5, 0.6) is 0 Å². The first kappa shape index (κ1) is 20.1. The van der Waals surface area contributed by atoms with Crippen molar-refractivity contribution in [2.45, 2.75) is 63.9 Å². The Morgan fingerprint density at radius 1 is 1.30 bits per heavy atom. The van der Waals surface area contributed by atoms with Crippen molar-refractivity contribution in [2.24, 2.45) is 33.6 Å². The molecule has 0 aromatic carbocycles. The highest BCUT2D eigenvalue weighted by molar-refractivity contribution is 6.01. The van der Waals surface area contributed by atoms with Crippen LogP contribution in [0.15, 0.2) is 28.8 Å². The smallest absolute Gasteiger partial charge is 0.190 e. The minimum atomic E-state index is -1.21. The number of aliphatic hydroxyl groups excluding tert-OH is 3. The van der Waals surface area contributed by atoms with E-state index in [9.17, 15) is 24.9 Å². The zero-order valence-corrected chi connectivity index (χ0v) is 17.5. The molecule has 0 aromatic heterocycles. The van der Waals surface area contributed by atoms with Gasteiger partial charge in [0.15, 0.2) is 23.0 Å². The summed E-state index contributed by atoms with van der Waals surface area (Å²) in [4.78, 5) is 29.7. The lowest BCUT2D eigenvalue weighted by Gasteiger charge is -2.60. The summed E-state index contributed by atoms with van der Waals surface area (Å²) < 4.78 is 5.96.